The Balaban J connectivity index is 2.61. The van der Waals surface area contributed by atoms with Crippen LogP contribution in [-0.4, -0.2) is 6.67 Å². The molecule has 1 aromatic heterocycles. The van der Waals surface area contributed by atoms with Crippen molar-refractivity contribution in [3.8, 4) is 0 Å². The Bertz CT molecular complexity index is 234. The van der Waals surface area contributed by atoms with Gasteiger partial charge in [0, 0.05) is 15.8 Å². The number of hydrogen-bond donors (Lipinski definition) is 1. The molecule has 0 amide bonds. The van der Waals surface area contributed by atoms with Gasteiger partial charge in [0.15, 0.2) is 0 Å². The van der Waals surface area contributed by atoms with Crippen LogP contribution in [0.2, 0.25) is 0 Å². The van der Waals surface area contributed by atoms with E-state index < -0.39 is 0 Å². The van der Waals surface area contributed by atoms with Gasteiger partial charge in [-0.05, 0) is 25.0 Å². The van der Waals surface area contributed by atoms with Gasteiger partial charge in [0.2, 0.25) is 0 Å². The maximum atomic E-state index is 11.9. The monoisotopic (exact) mass is 187 g/mol. The molecule has 0 radical (unpaired) electrons. The van der Waals surface area contributed by atoms with Crippen LogP contribution in [0.15, 0.2) is 12.1 Å². The van der Waals surface area contributed by atoms with Gasteiger partial charge in [0.25, 0.3) is 0 Å². The molecule has 0 saturated heterocycles. The summed E-state index contributed by atoms with van der Waals surface area (Å²) in [6.07, 6.45) is 1.47. The first-order valence-electron chi connectivity index (χ1n) is 4.18. The highest BCUT2D eigenvalue weighted by Gasteiger charge is 2.07. The van der Waals surface area contributed by atoms with Crippen molar-refractivity contribution in [1.82, 2.24) is 0 Å². The van der Waals surface area contributed by atoms with Gasteiger partial charge in [-0.2, -0.15) is 0 Å². The third-order valence-electron chi connectivity index (χ3n) is 1.82. The Labute approximate surface area is 76.4 Å². The summed E-state index contributed by atoms with van der Waals surface area (Å²) in [5.74, 6) is 0. The van der Waals surface area contributed by atoms with Crippen LogP contribution in [0, 0.1) is 0 Å². The average Bonchev–Trinajstić information content (AvgIpc) is 2.52. The molecule has 1 heterocycles. The number of alkyl halides is 1. The molecule has 0 saturated carbocycles. The number of nitrogens with two attached hydrogens (primary N) is 1. The van der Waals surface area contributed by atoms with Crippen molar-refractivity contribution in [2.75, 3.05) is 6.67 Å². The molecular weight excluding hydrogens is 173 g/mol. The van der Waals surface area contributed by atoms with Gasteiger partial charge in [-0.3, -0.25) is 4.39 Å². The number of aryl methyl sites for hydroxylation is 1. The van der Waals surface area contributed by atoms with Crippen molar-refractivity contribution in [1.29, 1.82) is 0 Å². The molecule has 0 aliphatic rings. The van der Waals surface area contributed by atoms with E-state index in [2.05, 4.69) is 13.0 Å². The van der Waals surface area contributed by atoms with Gasteiger partial charge in [0.1, 0.15) is 0 Å². The van der Waals surface area contributed by atoms with E-state index in [9.17, 15) is 4.39 Å². The highest BCUT2D eigenvalue weighted by molar-refractivity contribution is 7.12. The van der Waals surface area contributed by atoms with Crippen LogP contribution >= 0.6 is 11.3 Å². The lowest BCUT2D eigenvalue weighted by Gasteiger charge is -2.04. The van der Waals surface area contributed by atoms with E-state index in [1.54, 1.807) is 11.3 Å². The summed E-state index contributed by atoms with van der Waals surface area (Å²) in [5, 5.41) is 0. The van der Waals surface area contributed by atoms with Crippen molar-refractivity contribution in [3.05, 3.63) is 21.9 Å². The van der Waals surface area contributed by atoms with Gasteiger partial charge >= 0.3 is 0 Å². The molecule has 12 heavy (non-hydrogen) atoms. The quantitative estimate of drug-likeness (QED) is 0.770. The Morgan fingerprint density at radius 3 is 2.83 bits per heavy atom. The maximum Gasteiger partial charge on any atom is 0.0912 e. The Kier molecular flexibility index (Phi) is 3.69. The lowest BCUT2D eigenvalue weighted by Crippen LogP contribution is -2.08. The van der Waals surface area contributed by atoms with E-state index >= 15 is 0 Å². The first kappa shape index (κ1) is 9.68. The number of thiophene rings is 1. The summed E-state index contributed by atoms with van der Waals surface area (Å²) in [6, 6.07) is 3.96. The predicted octanol–water partition coefficient (Wildman–Crippen LogP) is 2.67. The van der Waals surface area contributed by atoms with Crippen LogP contribution in [0.5, 0.6) is 0 Å². The van der Waals surface area contributed by atoms with Crippen molar-refractivity contribution in [2.45, 2.75) is 25.8 Å². The number of hydrogen-bond acceptors (Lipinski definition) is 2. The van der Waals surface area contributed by atoms with Crippen LogP contribution in [-0.2, 0) is 6.42 Å². The normalized spacial score (nSPS) is 13.2. The van der Waals surface area contributed by atoms with Crippen molar-refractivity contribution in [2.24, 2.45) is 5.73 Å². The van der Waals surface area contributed by atoms with Gasteiger partial charge < -0.3 is 5.73 Å². The molecule has 1 rings (SSSR count). The fourth-order valence-corrected chi connectivity index (χ4v) is 2.03. The summed E-state index contributed by atoms with van der Waals surface area (Å²) >= 11 is 1.69. The minimum Gasteiger partial charge on any atom is -0.323 e. The SMILES string of the molecule is CCc1ccc([C@H](N)CCF)s1. The van der Waals surface area contributed by atoms with Gasteiger partial charge in [-0.25, -0.2) is 0 Å². The summed E-state index contributed by atoms with van der Waals surface area (Å²) in [7, 11) is 0. The number of rotatable bonds is 4. The van der Waals surface area contributed by atoms with E-state index in [1.165, 1.54) is 4.88 Å². The zero-order valence-electron chi connectivity index (χ0n) is 7.22. The van der Waals surface area contributed by atoms with Gasteiger partial charge in [-0.1, -0.05) is 6.92 Å². The Hall–Kier alpha value is -0.410. The lowest BCUT2D eigenvalue weighted by atomic mass is 10.2. The average molecular weight is 187 g/mol. The predicted molar refractivity (Wildman–Crippen MR) is 51.2 cm³/mol. The highest BCUT2D eigenvalue weighted by Crippen LogP contribution is 2.24. The van der Waals surface area contributed by atoms with E-state index in [0.717, 1.165) is 11.3 Å². The molecule has 0 fully saturated rings. The summed E-state index contributed by atoms with van der Waals surface area (Å²) in [5.41, 5.74) is 5.74. The second-order valence-corrected chi connectivity index (χ2v) is 3.94. The van der Waals surface area contributed by atoms with Crippen LogP contribution in [0.25, 0.3) is 0 Å². The standard InChI is InChI=1S/C9H14FNS/c1-2-7-3-4-9(12-7)8(11)5-6-10/h3-4,8H,2,5-6,11H2,1H3/t8-/m1/s1. The third-order valence-corrected chi connectivity index (χ3v) is 3.18. The Morgan fingerprint density at radius 1 is 1.58 bits per heavy atom. The fourth-order valence-electron chi connectivity index (χ4n) is 1.04. The molecule has 1 aromatic rings. The molecule has 0 aliphatic carbocycles. The molecule has 0 aliphatic heterocycles. The van der Waals surface area contributed by atoms with E-state index in [1.807, 2.05) is 6.07 Å². The summed E-state index contributed by atoms with van der Waals surface area (Å²) in [6.45, 7) is 1.77. The maximum absolute atomic E-state index is 11.9. The third kappa shape index (κ3) is 2.29. The smallest absolute Gasteiger partial charge is 0.0912 e. The zero-order chi connectivity index (χ0) is 8.97. The van der Waals surface area contributed by atoms with Crippen molar-refractivity contribution in [3.63, 3.8) is 0 Å². The first-order valence-corrected chi connectivity index (χ1v) is 4.99. The van der Waals surface area contributed by atoms with Crippen LogP contribution in [0.1, 0.15) is 29.1 Å². The van der Waals surface area contributed by atoms with Gasteiger partial charge in [0.05, 0.1) is 6.67 Å². The summed E-state index contributed by atoms with van der Waals surface area (Å²) < 4.78 is 11.9. The molecule has 0 spiro atoms. The molecule has 1 atom stereocenters. The minimum atomic E-state index is -0.333. The van der Waals surface area contributed by atoms with E-state index in [4.69, 9.17) is 5.73 Å². The lowest BCUT2D eigenvalue weighted by molar-refractivity contribution is 0.444. The van der Waals surface area contributed by atoms with E-state index in [0.29, 0.717) is 6.42 Å². The minimum absolute atomic E-state index is 0.111. The molecule has 0 unspecified atom stereocenters. The molecule has 68 valence electrons. The second-order valence-electron chi connectivity index (χ2n) is 2.74. The van der Waals surface area contributed by atoms with Crippen molar-refractivity contribution >= 4 is 11.3 Å². The summed E-state index contributed by atoms with van der Waals surface area (Å²) in [4.78, 5) is 2.42. The topological polar surface area (TPSA) is 26.0 Å². The molecule has 2 N–H and O–H groups in total. The first-order chi connectivity index (χ1) is 5.77. The van der Waals surface area contributed by atoms with Crippen LogP contribution in [0.4, 0.5) is 4.39 Å². The Morgan fingerprint density at radius 2 is 2.33 bits per heavy atom. The zero-order valence-corrected chi connectivity index (χ0v) is 8.03. The number of halogens is 1. The van der Waals surface area contributed by atoms with Crippen LogP contribution < -0.4 is 5.73 Å². The molecule has 1 nitrogen and oxygen atoms in total. The van der Waals surface area contributed by atoms with Crippen LogP contribution in [0.3, 0.4) is 0 Å². The second kappa shape index (κ2) is 4.58. The highest BCUT2D eigenvalue weighted by atomic mass is 32.1. The molecule has 3 heteroatoms. The molecule has 0 aromatic carbocycles. The van der Waals surface area contributed by atoms with E-state index in [-0.39, 0.29) is 12.7 Å². The largest absolute Gasteiger partial charge is 0.323 e. The fraction of sp³-hybridized carbons (Fsp3) is 0.556. The molecular formula is C9H14FNS. The van der Waals surface area contributed by atoms with Gasteiger partial charge in [-0.15, -0.1) is 11.3 Å². The van der Waals surface area contributed by atoms with Crippen molar-refractivity contribution < 1.29 is 4.39 Å². The molecule has 0 bridgehead atoms.